The molecular formula is C17H23N7O. The van der Waals surface area contributed by atoms with Gasteiger partial charge in [-0.3, -0.25) is 4.79 Å². The zero-order valence-electron chi connectivity index (χ0n) is 14.5. The standard InChI is InChI=1S/C17H23N7O/c1-10(25)14-15(11-4-3-5-19-6-11)22-17-13(8-21-24(17)16(14)18)12-7-20-23(2)9-12/h8-9,11,19-20H,3-7,18H2,1-2H3. The van der Waals surface area contributed by atoms with Gasteiger partial charge < -0.3 is 16.1 Å². The number of hydrogen-bond acceptors (Lipinski definition) is 7. The summed E-state index contributed by atoms with van der Waals surface area (Å²) in [6.07, 6.45) is 5.88. The number of anilines is 1. The van der Waals surface area contributed by atoms with Crippen molar-refractivity contribution in [3.8, 4) is 0 Å². The maximum atomic E-state index is 12.3. The molecule has 0 spiro atoms. The fourth-order valence-corrected chi connectivity index (χ4v) is 3.70. The van der Waals surface area contributed by atoms with Crippen LogP contribution in [0.2, 0.25) is 0 Å². The number of aromatic nitrogens is 3. The molecule has 1 unspecified atom stereocenters. The molecule has 8 nitrogen and oxygen atoms in total. The van der Waals surface area contributed by atoms with Gasteiger partial charge in [0.25, 0.3) is 0 Å². The number of rotatable bonds is 3. The summed E-state index contributed by atoms with van der Waals surface area (Å²) in [5.74, 6) is 0.510. The summed E-state index contributed by atoms with van der Waals surface area (Å²) in [4.78, 5) is 17.2. The smallest absolute Gasteiger partial charge is 0.165 e. The van der Waals surface area contributed by atoms with E-state index in [1.807, 2.05) is 18.3 Å². The fourth-order valence-electron chi connectivity index (χ4n) is 3.70. The lowest BCUT2D eigenvalue weighted by Gasteiger charge is -2.24. The summed E-state index contributed by atoms with van der Waals surface area (Å²) in [7, 11) is 1.95. The topological polar surface area (TPSA) is 101 Å². The number of piperidine rings is 1. The van der Waals surface area contributed by atoms with Crippen LogP contribution in [0.1, 0.15) is 47.3 Å². The quantitative estimate of drug-likeness (QED) is 0.709. The Morgan fingerprint density at radius 3 is 2.92 bits per heavy atom. The normalized spacial score (nSPS) is 21.0. The van der Waals surface area contributed by atoms with Crippen LogP contribution in [0, 0.1) is 0 Å². The minimum Gasteiger partial charge on any atom is -0.383 e. The van der Waals surface area contributed by atoms with Crippen LogP contribution in [0.25, 0.3) is 11.2 Å². The van der Waals surface area contributed by atoms with Crippen LogP contribution < -0.4 is 16.5 Å². The molecule has 1 atom stereocenters. The number of nitrogens with two attached hydrogens (primary N) is 1. The Morgan fingerprint density at radius 1 is 1.44 bits per heavy atom. The first kappa shape index (κ1) is 16.0. The number of hydrogen-bond donors (Lipinski definition) is 3. The first-order valence-corrected chi connectivity index (χ1v) is 8.62. The Bertz CT molecular complexity index is 863. The monoisotopic (exact) mass is 341 g/mol. The number of fused-ring (bicyclic) bond motifs is 1. The number of hydrazine groups is 1. The van der Waals surface area contributed by atoms with Crippen molar-refractivity contribution in [2.45, 2.75) is 25.7 Å². The Morgan fingerprint density at radius 2 is 2.28 bits per heavy atom. The lowest BCUT2D eigenvalue weighted by molar-refractivity contribution is 0.101. The Labute approximate surface area is 146 Å². The van der Waals surface area contributed by atoms with Crippen molar-refractivity contribution in [1.29, 1.82) is 0 Å². The molecule has 4 N–H and O–H groups in total. The second kappa shape index (κ2) is 6.12. The molecule has 8 heteroatoms. The van der Waals surface area contributed by atoms with E-state index in [2.05, 4.69) is 15.8 Å². The fraction of sp³-hybridized carbons (Fsp3) is 0.471. The van der Waals surface area contributed by atoms with Crippen molar-refractivity contribution in [3.05, 3.63) is 29.2 Å². The molecule has 0 radical (unpaired) electrons. The molecule has 132 valence electrons. The molecule has 0 saturated carbocycles. The summed E-state index contributed by atoms with van der Waals surface area (Å²) in [5.41, 5.74) is 13.6. The van der Waals surface area contributed by atoms with E-state index in [4.69, 9.17) is 10.7 Å². The van der Waals surface area contributed by atoms with Gasteiger partial charge in [0.2, 0.25) is 0 Å². The van der Waals surface area contributed by atoms with Crippen molar-refractivity contribution in [2.75, 3.05) is 32.4 Å². The third kappa shape index (κ3) is 2.67. The minimum atomic E-state index is -0.0639. The molecule has 2 aliphatic rings. The van der Waals surface area contributed by atoms with Crippen molar-refractivity contribution < 1.29 is 4.79 Å². The van der Waals surface area contributed by atoms with Crippen molar-refractivity contribution in [2.24, 2.45) is 0 Å². The van der Waals surface area contributed by atoms with Crippen molar-refractivity contribution in [3.63, 3.8) is 0 Å². The first-order chi connectivity index (χ1) is 12.1. The van der Waals surface area contributed by atoms with Gasteiger partial charge in [-0.1, -0.05) is 0 Å². The van der Waals surface area contributed by atoms with E-state index in [0.29, 0.717) is 23.6 Å². The Balaban J connectivity index is 1.91. The van der Waals surface area contributed by atoms with E-state index >= 15 is 0 Å². The number of nitrogens with zero attached hydrogens (tertiary/aromatic N) is 4. The van der Waals surface area contributed by atoms with Gasteiger partial charge in [0.1, 0.15) is 5.82 Å². The van der Waals surface area contributed by atoms with Gasteiger partial charge in [0.15, 0.2) is 11.4 Å². The number of carbonyl (C=O) groups is 1. The highest BCUT2D eigenvalue weighted by Gasteiger charge is 2.27. The summed E-state index contributed by atoms with van der Waals surface area (Å²) in [5, 5.41) is 9.70. The highest BCUT2D eigenvalue weighted by molar-refractivity contribution is 6.00. The van der Waals surface area contributed by atoms with E-state index in [1.165, 1.54) is 0 Å². The molecule has 0 aliphatic carbocycles. The van der Waals surface area contributed by atoms with Crippen LogP contribution in [0.4, 0.5) is 5.82 Å². The SMILES string of the molecule is CC(=O)c1c(C2CCCNC2)nc2c(C3=CN(C)NC3)cnn2c1N. The minimum absolute atomic E-state index is 0.0639. The van der Waals surface area contributed by atoms with Gasteiger partial charge in [0, 0.05) is 37.8 Å². The van der Waals surface area contributed by atoms with Crippen LogP contribution in [0.15, 0.2) is 12.4 Å². The maximum absolute atomic E-state index is 12.3. The summed E-state index contributed by atoms with van der Waals surface area (Å²) in [6, 6.07) is 0. The van der Waals surface area contributed by atoms with Crippen molar-refractivity contribution >= 4 is 22.8 Å². The van der Waals surface area contributed by atoms with Crippen molar-refractivity contribution in [1.82, 2.24) is 30.3 Å². The highest BCUT2D eigenvalue weighted by atomic mass is 16.1. The zero-order chi connectivity index (χ0) is 17.6. The second-order valence-corrected chi connectivity index (χ2v) is 6.75. The van der Waals surface area contributed by atoms with E-state index in [9.17, 15) is 4.79 Å². The number of nitrogen functional groups attached to an aromatic ring is 1. The Hall–Kier alpha value is -2.45. The third-order valence-corrected chi connectivity index (χ3v) is 4.96. The second-order valence-electron chi connectivity index (χ2n) is 6.75. The average molecular weight is 341 g/mol. The predicted molar refractivity (Wildman–Crippen MR) is 96.0 cm³/mol. The molecule has 0 bridgehead atoms. The summed E-state index contributed by atoms with van der Waals surface area (Å²) < 4.78 is 1.59. The molecule has 1 fully saturated rings. The van der Waals surface area contributed by atoms with Gasteiger partial charge in [-0.2, -0.15) is 9.61 Å². The first-order valence-electron chi connectivity index (χ1n) is 8.62. The molecule has 2 aromatic heterocycles. The number of Topliss-reactive ketones (excluding diaryl/α,β-unsaturated/α-hetero) is 1. The predicted octanol–water partition coefficient (Wildman–Crippen LogP) is 0.772. The van der Waals surface area contributed by atoms with Crippen LogP contribution >= 0.6 is 0 Å². The molecule has 2 aliphatic heterocycles. The zero-order valence-corrected chi connectivity index (χ0v) is 14.5. The van der Waals surface area contributed by atoms with Gasteiger partial charge in [-0.15, -0.1) is 0 Å². The molecular weight excluding hydrogens is 318 g/mol. The van der Waals surface area contributed by atoms with Crippen LogP contribution in [0.5, 0.6) is 0 Å². The molecule has 25 heavy (non-hydrogen) atoms. The van der Waals surface area contributed by atoms with Crippen LogP contribution in [0.3, 0.4) is 0 Å². The van der Waals surface area contributed by atoms with E-state index in [0.717, 1.165) is 42.8 Å². The van der Waals surface area contributed by atoms with Gasteiger partial charge in [-0.05, 0) is 31.9 Å². The van der Waals surface area contributed by atoms with Crippen LogP contribution in [-0.2, 0) is 0 Å². The average Bonchev–Trinajstić information content (AvgIpc) is 3.21. The van der Waals surface area contributed by atoms with E-state index in [1.54, 1.807) is 17.6 Å². The Kier molecular flexibility index (Phi) is 3.93. The summed E-state index contributed by atoms with van der Waals surface area (Å²) in [6.45, 7) is 4.09. The van der Waals surface area contributed by atoms with Crippen LogP contribution in [-0.4, -0.2) is 52.1 Å². The molecule has 2 aromatic rings. The number of ketones is 1. The number of nitrogens with one attached hydrogen (secondary N) is 2. The molecule has 4 heterocycles. The molecule has 0 amide bonds. The maximum Gasteiger partial charge on any atom is 0.165 e. The highest BCUT2D eigenvalue weighted by Crippen LogP contribution is 2.31. The lowest BCUT2D eigenvalue weighted by Crippen LogP contribution is -2.30. The van der Waals surface area contributed by atoms with E-state index in [-0.39, 0.29) is 11.7 Å². The van der Waals surface area contributed by atoms with Gasteiger partial charge in [0.05, 0.1) is 17.5 Å². The molecule has 1 saturated heterocycles. The molecule has 0 aromatic carbocycles. The summed E-state index contributed by atoms with van der Waals surface area (Å²) >= 11 is 0. The lowest BCUT2D eigenvalue weighted by atomic mass is 9.91. The largest absolute Gasteiger partial charge is 0.383 e. The number of carbonyl (C=O) groups excluding carboxylic acids is 1. The molecule has 4 rings (SSSR count). The van der Waals surface area contributed by atoms with E-state index < -0.39 is 0 Å². The van der Waals surface area contributed by atoms with Gasteiger partial charge >= 0.3 is 0 Å². The van der Waals surface area contributed by atoms with Gasteiger partial charge in [-0.25, -0.2) is 10.4 Å². The third-order valence-electron chi connectivity index (χ3n) is 4.96.